The van der Waals surface area contributed by atoms with Gasteiger partial charge in [-0.15, -0.1) is 11.3 Å². The van der Waals surface area contributed by atoms with Gasteiger partial charge in [0.15, 0.2) is 0 Å². The molecule has 3 aromatic rings. The summed E-state index contributed by atoms with van der Waals surface area (Å²) in [5, 5.41) is 5.38. The predicted octanol–water partition coefficient (Wildman–Crippen LogP) is 5.25. The first-order chi connectivity index (χ1) is 16.0. The Morgan fingerprint density at radius 2 is 1.91 bits per heavy atom. The number of benzene rings is 1. The molecule has 5 rings (SSSR count). The fourth-order valence-electron chi connectivity index (χ4n) is 5.45. The van der Waals surface area contributed by atoms with Gasteiger partial charge in [0.1, 0.15) is 11.2 Å². The number of rotatable bonds is 6. The Morgan fingerprint density at radius 1 is 1.15 bits per heavy atom. The minimum Gasteiger partial charge on any atom is -0.351 e. The van der Waals surface area contributed by atoms with Crippen LogP contribution in [0.25, 0.3) is 10.2 Å². The molecule has 33 heavy (non-hydrogen) atoms. The molecule has 0 radical (unpaired) electrons. The van der Waals surface area contributed by atoms with Crippen molar-refractivity contribution in [3.05, 3.63) is 59.1 Å². The lowest BCUT2D eigenvalue weighted by atomic mass is 9.86. The minimum atomic E-state index is -0.905. The van der Waals surface area contributed by atoms with Gasteiger partial charge in [-0.05, 0) is 74.4 Å². The Balaban J connectivity index is 1.40. The van der Waals surface area contributed by atoms with E-state index in [0.717, 1.165) is 54.7 Å². The summed E-state index contributed by atoms with van der Waals surface area (Å²) in [6.07, 6.45) is 6.06. The third kappa shape index (κ3) is 4.21. The van der Waals surface area contributed by atoms with Crippen LogP contribution in [-0.2, 0) is 17.8 Å². The van der Waals surface area contributed by atoms with Gasteiger partial charge in [0.05, 0.1) is 16.8 Å². The molecule has 0 spiro atoms. The molecule has 5 nitrogen and oxygen atoms in total. The van der Waals surface area contributed by atoms with Crippen molar-refractivity contribution in [3.63, 3.8) is 0 Å². The van der Waals surface area contributed by atoms with Gasteiger partial charge in [0.25, 0.3) is 5.91 Å². The number of aryl methyl sites for hydroxylation is 1. The Labute approximate surface area is 199 Å². The summed E-state index contributed by atoms with van der Waals surface area (Å²) in [7, 11) is 0. The van der Waals surface area contributed by atoms with Gasteiger partial charge in [0.2, 0.25) is 5.91 Å². The molecule has 1 atom stereocenters. The molecule has 0 bridgehead atoms. The molecular formula is C27H33N3O2S. The number of nitrogens with zero attached hydrogens (tertiary/aromatic N) is 2. The quantitative estimate of drug-likeness (QED) is 0.543. The summed E-state index contributed by atoms with van der Waals surface area (Å²) in [5.74, 6) is 0.680. The number of nitrogens with one attached hydrogen (secondary N) is 1. The van der Waals surface area contributed by atoms with E-state index >= 15 is 0 Å². The van der Waals surface area contributed by atoms with Gasteiger partial charge in [-0.25, -0.2) is 0 Å². The third-order valence-electron chi connectivity index (χ3n) is 7.58. The maximum absolute atomic E-state index is 13.7. The second kappa shape index (κ2) is 8.98. The molecule has 2 aliphatic rings. The molecule has 0 saturated heterocycles. The molecule has 1 fully saturated rings. The van der Waals surface area contributed by atoms with Gasteiger partial charge >= 0.3 is 0 Å². The maximum Gasteiger partial charge on any atom is 0.271 e. The molecule has 2 amide bonds. The van der Waals surface area contributed by atoms with E-state index in [4.69, 9.17) is 0 Å². The van der Waals surface area contributed by atoms with E-state index in [1.165, 1.54) is 5.56 Å². The Kier molecular flexibility index (Phi) is 6.04. The molecule has 6 heteroatoms. The summed E-state index contributed by atoms with van der Waals surface area (Å²) in [5.41, 5.74) is 2.11. The smallest absolute Gasteiger partial charge is 0.271 e. The molecule has 3 heterocycles. The summed E-state index contributed by atoms with van der Waals surface area (Å²) in [4.78, 5) is 29.3. The van der Waals surface area contributed by atoms with Crippen LogP contribution in [0.5, 0.6) is 0 Å². The summed E-state index contributed by atoms with van der Waals surface area (Å²) in [6, 6.07) is 14.6. The SMILES string of the molecule is CC1CCC(NC(=O)C2(C)Cn3c(cc4sccc43)C(=O)N2CCCc2ccccc2)CC1. The van der Waals surface area contributed by atoms with E-state index < -0.39 is 5.54 Å². The van der Waals surface area contributed by atoms with Crippen LogP contribution in [0.1, 0.15) is 62.0 Å². The summed E-state index contributed by atoms with van der Waals surface area (Å²) >= 11 is 1.64. The largest absolute Gasteiger partial charge is 0.351 e. The average molecular weight is 464 g/mol. The minimum absolute atomic E-state index is 0.0159. The zero-order valence-electron chi connectivity index (χ0n) is 19.5. The van der Waals surface area contributed by atoms with E-state index in [-0.39, 0.29) is 17.9 Å². The lowest BCUT2D eigenvalue weighted by molar-refractivity contribution is -0.133. The molecule has 1 N–H and O–H groups in total. The number of carbonyl (C=O) groups excluding carboxylic acids is 2. The van der Waals surface area contributed by atoms with Crippen molar-refractivity contribution in [1.29, 1.82) is 0 Å². The normalized spacial score (nSPS) is 25.3. The highest BCUT2D eigenvalue weighted by atomic mass is 32.1. The lowest BCUT2D eigenvalue weighted by Gasteiger charge is -2.45. The highest BCUT2D eigenvalue weighted by molar-refractivity contribution is 7.17. The monoisotopic (exact) mass is 463 g/mol. The van der Waals surface area contributed by atoms with E-state index in [1.54, 1.807) is 11.3 Å². The molecule has 2 aromatic heterocycles. The highest BCUT2D eigenvalue weighted by Gasteiger charge is 2.48. The molecule has 1 aromatic carbocycles. The number of fused-ring (bicyclic) bond motifs is 3. The first kappa shape index (κ1) is 22.2. The Morgan fingerprint density at radius 3 is 2.67 bits per heavy atom. The van der Waals surface area contributed by atoms with E-state index in [0.29, 0.717) is 18.8 Å². The molecule has 174 valence electrons. The molecule has 1 saturated carbocycles. The van der Waals surface area contributed by atoms with Gasteiger partial charge in [-0.2, -0.15) is 0 Å². The van der Waals surface area contributed by atoms with Crippen LogP contribution in [-0.4, -0.2) is 39.4 Å². The second-order valence-electron chi connectivity index (χ2n) is 10.0. The van der Waals surface area contributed by atoms with E-state index in [1.807, 2.05) is 36.1 Å². The molecule has 1 unspecified atom stereocenters. The van der Waals surface area contributed by atoms with Crippen molar-refractivity contribution in [1.82, 2.24) is 14.8 Å². The third-order valence-corrected chi connectivity index (χ3v) is 8.43. The van der Waals surface area contributed by atoms with Crippen LogP contribution >= 0.6 is 11.3 Å². The van der Waals surface area contributed by atoms with Crippen LogP contribution < -0.4 is 5.32 Å². The Bertz CT molecular complexity index is 1140. The topological polar surface area (TPSA) is 54.3 Å². The highest BCUT2D eigenvalue weighted by Crippen LogP contribution is 2.35. The number of thiophene rings is 1. The Hall–Kier alpha value is -2.60. The summed E-state index contributed by atoms with van der Waals surface area (Å²) < 4.78 is 3.17. The first-order valence-electron chi connectivity index (χ1n) is 12.2. The number of carbonyl (C=O) groups is 2. The van der Waals surface area contributed by atoms with Crippen molar-refractivity contribution >= 4 is 33.4 Å². The number of hydrogen-bond donors (Lipinski definition) is 1. The predicted molar refractivity (Wildman–Crippen MR) is 134 cm³/mol. The van der Waals surface area contributed by atoms with Gasteiger partial charge in [0, 0.05) is 12.6 Å². The number of aromatic nitrogens is 1. The summed E-state index contributed by atoms with van der Waals surface area (Å²) in [6.45, 7) is 5.30. The fraction of sp³-hybridized carbons (Fsp3) is 0.481. The number of hydrogen-bond acceptors (Lipinski definition) is 3. The van der Waals surface area contributed by atoms with Crippen molar-refractivity contribution in [2.24, 2.45) is 5.92 Å². The fourth-order valence-corrected chi connectivity index (χ4v) is 6.28. The van der Waals surface area contributed by atoms with Crippen molar-refractivity contribution < 1.29 is 9.59 Å². The second-order valence-corrected chi connectivity index (χ2v) is 11.0. The van der Waals surface area contributed by atoms with Crippen LogP contribution in [0.3, 0.4) is 0 Å². The zero-order chi connectivity index (χ0) is 23.0. The van der Waals surface area contributed by atoms with E-state index in [2.05, 4.69) is 40.4 Å². The zero-order valence-corrected chi connectivity index (χ0v) is 20.4. The van der Waals surface area contributed by atoms with Crippen LogP contribution in [0.2, 0.25) is 0 Å². The standard InChI is InChI=1S/C27H33N3O2S/c1-19-10-12-21(13-11-19)28-26(32)27(2)18-29-22-14-16-33-24(22)17-23(29)25(31)30(27)15-6-9-20-7-4-3-5-8-20/h3-5,7-8,14,16-17,19,21H,6,9-13,15,18H2,1-2H3,(H,28,32). The first-order valence-corrected chi connectivity index (χ1v) is 13.1. The van der Waals surface area contributed by atoms with Crippen LogP contribution in [0.4, 0.5) is 0 Å². The van der Waals surface area contributed by atoms with Crippen molar-refractivity contribution in [3.8, 4) is 0 Å². The van der Waals surface area contributed by atoms with Crippen LogP contribution in [0.15, 0.2) is 47.8 Å². The maximum atomic E-state index is 13.7. The van der Waals surface area contributed by atoms with Gasteiger partial charge in [-0.1, -0.05) is 37.3 Å². The molecular weight excluding hydrogens is 430 g/mol. The van der Waals surface area contributed by atoms with Crippen molar-refractivity contribution in [2.45, 2.75) is 70.5 Å². The van der Waals surface area contributed by atoms with Crippen molar-refractivity contribution in [2.75, 3.05) is 6.54 Å². The lowest BCUT2D eigenvalue weighted by Crippen LogP contribution is -2.65. The van der Waals surface area contributed by atoms with Crippen LogP contribution in [0, 0.1) is 5.92 Å². The van der Waals surface area contributed by atoms with Gasteiger partial charge < -0.3 is 14.8 Å². The van der Waals surface area contributed by atoms with E-state index in [9.17, 15) is 9.59 Å². The number of amides is 2. The molecule has 1 aliphatic carbocycles. The molecule has 1 aliphatic heterocycles. The van der Waals surface area contributed by atoms with Gasteiger partial charge in [-0.3, -0.25) is 9.59 Å². The average Bonchev–Trinajstić information content (AvgIpc) is 3.41.